The lowest BCUT2D eigenvalue weighted by Crippen LogP contribution is -2.59. The highest BCUT2D eigenvalue weighted by molar-refractivity contribution is 5.81. The van der Waals surface area contributed by atoms with Gasteiger partial charge in [0.15, 0.2) is 5.96 Å². The van der Waals surface area contributed by atoms with Gasteiger partial charge in [-0.15, -0.1) is 0 Å². The van der Waals surface area contributed by atoms with Gasteiger partial charge in [0.25, 0.3) is 0 Å². The lowest BCUT2D eigenvalue weighted by molar-refractivity contribution is 0.0402. The average molecular weight is 235 g/mol. The molecule has 1 heterocycles. The molecule has 2 saturated carbocycles. The van der Waals surface area contributed by atoms with E-state index in [2.05, 4.69) is 23.7 Å². The second-order valence-electron chi connectivity index (χ2n) is 6.48. The largest absolute Gasteiger partial charge is 0.370 e. The molecule has 2 atom stereocenters. The second-order valence-corrected chi connectivity index (χ2v) is 6.48. The maximum atomic E-state index is 6.16. The predicted molar refractivity (Wildman–Crippen MR) is 70.9 cm³/mol. The van der Waals surface area contributed by atoms with Gasteiger partial charge in [-0.05, 0) is 37.5 Å². The van der Waals surface area contributed by atoms with Crippen molar-refractivity contribution in [3.63, 3.8) is 0 Å². The van der Waals surface area contributed by atoms with Gasteiger partial charge in [0.05, 0.1) is 12.1 Å². The summed E-state index contributed by atoms with van der Waals surface area (Å²) in [5, 5.41) is 0. The third-order valence-corrected chi connectivity index (χ3v) is 5.02. The normalized spacial score (nSPS) is 37.9. The quantitative estimate of drug-likeness (QED) is 0.798. The maximum Gasteiger partial charge on any atom is 0.192 e. The van der Waals surface area contributed by atoms with E-state index in [0.717, 1.165) is 24.3 Å². The molecule has 3 rings (SSSR count). The molecule has 0 aromatic carbocycles. The first kappa shape index (κ1) is 11.4. The summed E-state index contributed by atoms with van der Waals surface area (Å²) in [5.41, 5.74) is 6.45. The van der Waals surface area contributed by atoms with Crippen molar-refractivity contribution in [3.05, 3.63) is 0 Å². The summed E-state index contributed by atoms with van der Waals surface area (Å²) in [6.07, 6.45) is 8.06. The Kier molecular flexibility index (Phi) is 2.60. The number of aliphatic imine (C=N–C) groups is 1. The summed E-state index contributed by atoms with van der Waals surface area (Å²) in [7, 11) is 0. The lowest BCUT2D eigenvalue weighted by atomic mass is 9.67. The Morgan fingerprint density at radius 1 is 1.29 bits per heavy atom. The number of nitrogens with two attached hydrogens (primary N) is 1. The molecule has 0 aromatic rings. The van der Waals surface area contributed by atoms with Crippen LogP contribution in [0.15, 0.2) is 4.99 Å². The summed E-state index contributed by atoms with van der Waals surface area (Å²) in [6.45, 7) is 5.70. The van der Waals surface area contributed by atoms with E-state index in [0.29, 0.717) is 6.04 Å². The molecular formula is C14H25N3. The molecule has 3 nitrogen and oxygen atoms in total. The molecular weight excluding hydrogens is 210 g/mol. The average Bonchev–Trinajstić information content (AvgIpc) is 3.07. The molecule has 0 saturated heterocycles. The van der Waals surface area contributed by atoms with E-state index in [-0.39, 0.29) is 5.54 Å². The Hall–Kier alpha value is -0.730. The summed E-state index contributed by atoms with van der Waals surface area (Å²) < 4.78 is 0. The fourth-order valence-electron chi connectivity index (χ4n) is 4.18. The maximum absolute atomic E-state index is 6.16. The van der Waals surface area contributed by atoms with Crippen LogP contribution in [0.1, 0.15) is 52.4 Å². The van der Waals surface area contributed by atoms with Crippen molar-refractivity contribution in [1.82, 2.24) is 4.90 Å². The minimum absolute atomic E-state index is 0.289. The molecule has 0 radical (unpaired) electrons. The smallest absolute Gasteiger partial charge is 0.192 e. The number of guanidine groups is 1. The first-order valence-corrected chi connectivity index (χ1v) is 7.24. The van der Waals surface area contributed by atoms with Gasteiger partial charge in [0.2, 0.25) is 0 Å². The van der Waals surface area contributed by atoms with Gasteiger partial charge in [-0.3, -0.25) is 4.99 Å². The van der Waals surface area contributed by atoms with Crippen molar-refractivity contribution in [1.29, 1.82) is 0 Å². The minimum Gasteiger partial charge on any atom is -0.370 e. The zero-order valence-electron chi connectivity index (χ0n) is 11.2. The van der Waals surface area contributed by atoms with Crippen LogP contribution in [0.4, 0.5) is 0 Å². The zero-order chi connectivity index (χ0) is 12.0. The second kappa shape index (κ2) is 3.89. The Morgan fingerprint density at radius 3 is 2.71 bits per heavy atom. The summed E-state index contributed by atoms with van der Waals surface area (Å²) in [5.74, 6) is 2.36. The van der Waals surface area contributed by atoms with Crippen LogP contribution in [-0.2, 0) is 0 Å². The van der Waals surface area contributed by atoms with Crippen LogP contribution in [0.2, 0.25) is 0 Å². The van der Waals surface area contributed by atoms with Crippen LogP contribution < -0.4 is 5.73 Å². The topological polar surface area (TPSA) is 41.6 Å². The van der Waals surface area contributed by atoms with E-state index in [1.54, 1.807) is 0 Å². The summed E-state index contributed by atoms with van der Waals surface area (Å²) >= 11 is 0. The van der Waals surface area contributed by atoms with E-state index < -0.39 is 0 Å². The molecule has 3 aliphatic rings. The van der Waals surface area contributed by atoms with Crippen LogP contribution in [-0.4, -0.2) is 29.0 Å². The molecule has 17 heavy (non-hydrogen) atoms. The van der Waals surface area contributed by atoms with Crippen molar-refractivity contribution >= 4 is 5.96 Å². The van der Waals surface area contributed by atoms with Crippen molar-refractivity contribution in [2.75, 3.05) is 6.54 Å². The Balaban J connectivity index is 1.91. The molecule has 1 aliphatic heterocycles. The van der Waals surface area contributed by atoms with Crippen LogP contribution in [0, 0.1) is 11.8 Å². The molecule has 2 aliphatic carbocycles. The highest BCUT2D eigenvalue weighted by Gasteiger charge is 2.54. The van der Waals surface area contributed by atoms with Gasteiger partial charge in [-0.2, -0.15) is 0 Å². The highest BCUT2D eigenvalue weighted by Crippen LogP contribution is 2.48. The van der Waals surface area contributed by atoms with Gasteiger partial charge in [-0.1, -0.05) is 26.7 Å². The molecule has 0 aromatic heterocycles. The van der Waals surface area contributed by atoms with E-state index in [9.17, 15) is 0 Å². The van der Waals surface area contributed by atoms with Crippen molar-refractivity contribution < 1.29 is 0 Å². The molecule has 0 bridgehead atoms. The first-order valence-electron chi connectivity index (χ1n) is 7.24. The third kappa shape index (κ3) is 1.66. The lowest BCUT2D eigenvalue weighted by Gasteiger charge is -2.49. The zero-order valence-corrected chi connectivity index (χ0v) is 11.2. The van der Waals surface area contributed by atoms with Crippen LogP contribution in [0.5, 0.6) is 0 Å². The molecule has 2 fully saturated rings. The van der Waals surface area contributed by atoms with Gasteiger partial charge in [-0.25, -0.2) is 0 Å². The Labute approximate surface area is 104 Å². The Morgan fingerprint density at radius 2 is 2.06 bits per heavy atom. The molecule has 96 valence electrons. The molecule has 0 amide bonds. The van der Waals surface area contributed by atoms with Crippen LogP contribution >= 0.6 is 0 Å². The Bertz CT molecular complexity index is 332. The molecule has 2 N–H and O–H groups in total. The van der Waals surface area contributed by atoms with Crippen molar-refractivity contribution in [2.45, 2.75) is 64.0 Å². The van der Waals surface area contributed by atoms with E-state index in [4.69, 9.17) is 5.73 Å². The van der Waals surface area contributed by atoms with E-state index in [1.807, 2.05) is 0 Å². The molecule has 3 heteroatoms. The number of hydrogen-bond acceptors (Lipinski definition) is 3. The number of hydrogen-bond donors (Lipinski definition) is 1. The minimum atomic E-state index is 0.289. The third-order valence-electron chi connectivity index (χ3n) is 5.02. The predicted octanol–water partition coefficient (Wildman–Crippen LogP) is 2.36. The van der Waals surface area contributed by atoms with Gasteiger partial charge in [0, 0.05) is 6.04 Å². The van der Waals surface area contributed by atoms with Crippen LogP contribution in [0.3, 0.4) is 0 Å². The summed E-state index contributed by atoms with van der Waals surface area (Å²) in [4.78, 5) is 7.13. The summed E-state index contributed by atoms with van der Waals surface area (Å²) in [6, 6.07) is 0.709. The first-order chi connectivity index (χ1) is 8.15. The van der Waals surface area contributed by atoms with Crippen molar-refractivity contribution in [2.24, 2.45) is 22.6 Å². The van der Waals surface area contributed by atoms with Gasteiger partial charge >= 0.3 is 0 Å². The van der Waals surface area contributed by atoms with Crippen LogP contribution in [0.25, 0.3) is 0 Å². The van der Waals surface area contributed by atoms with E-state index in [1.165, 1.54) is 38.5 Å². The fourth-order valence-corrected chi connectivity index (χ4v) is 4.18. The van der Waals surface area contributed by atoms with Crippen molar-refractivity contribution in [3.8, 4) is 0 Å². The van der Waals surface area contributed by atoms with E-state index >= 15 is 0 Å². The number of nitrogens with zero attached hydrogens (tertiary/aromatic N) is 2. The molecule has 1 spiro atoms. The molecule has 2 unspecified atom stereocenters. The SMILES string of the molecule is CC(C)C1CCCCC12CN=C(N)N2C1CC1. The monoisotopic (exact) mass is 235 g/mol. The number of rotatable bonds is 2. The highest BCUT2D eigenvalue weighted by atomic mass is 15.4. The fraction of sp³-hybridized carbons (Fsp3) is 0.929. The standard InChI is InChI=1S/C14H25N3/c1-10(2)12-5-3-4-8-14(12)9-16-13(15)17(14)11-6-7-11/h10-12H,3-9H2,1-2H3,(H2,15,16). The van der Waals surface area contributed by atoms with Gasteiger partial charge in [0.1, 0.15) is 0 Å². The van der Waals surface area contributed by atoms with Gasteiger partial charge < -0.3 is 10.6 Å².